The van der Waals surface area contributed by atoms with Crippen LogP contribution in [-0.2, 0) is 4.79 Å². The van der Waals surface area contributed by atoms with Crippen LogP contribution < -0.4 is 5.32 Å². The Morgan fingerprint density at radius 1 is 0.972 bits per heavy atom. The molecule has 0 fully saturated rings. The van der Waals surface area contributed by atoms with Gasteiger partial charge in [0.25, 0.3) is 0 Å². The number of nitrogens with zero attached hydrogens (tertiary/aromatic N) is 2. The summed E-state index contributed by atoms with van der Waals surface area (Å²) in [4.78, 5) is 28.2. The molecule has 36 heavy (non-hydrogen) atoms. The van der Waals surface area contributed by atoms with Gasteiger partial charge in [0.2, 0.25) is 5.91 Å². The molecule has 2 N–H and O–H groups in total. The summed E-state index contributed by atoms with van der Waals surface area (Å²) in [5, 5.41) is 22.4. The monoisotopic (exact) mass is 493 g/mol. The number of aromatic nitrogens is 1. The van der Waals surface area contributed by atoms with E-state index in [1.54, 1.807) is 12.1 Å². The average molecular weight is 494 g/mol. The van der Waals surface area contributed by atoms with Crippen molar-refractivity contribution in [3.05, 3.63) is 102 Å². The first-order valence-electron chi connectivity index (χ1n) is 11.3. The maximum Gasteiger partial charge on any atom is 0.335 e. The minimum atomic E-state index is -1.02. The van der Waals surface area contributed by atoms with E-state index in [0.29, 0.717) is 22.0 Å². The van der Waals surface area contributed by atoms with Crippen LogP contribution in [0.5, 0.6) is 0 Å². The van der Waals surface area contributed by atoms with Crippen molar-refractivity contribution in [2.24, 2.45) is 0 Å². The van der Waals surface area contributed by atoms with E-state index in [1.165, 1.54) is 23.9 Å². The number of anilines is 1. The van der Waals surface area contributed by atoms with E-state index in [-0.39, 0.29) is 17.9 Å². The summed E-state index contributed by atoms with van der Waals surface area (Å²) in [6.07, 6.45) is 0.202. The van der Waals surface area contributed by atoms with Crippen LogP contribution >= 0.6 is 11.8 Å². The van der Waals surface area contributed by atoms with Gasteiger partial charge in [-0.2, -0.15) is 5.26 Å². The number of carbonyl (C=O) groups is 2. The second-order valence-corrected chi connectivity index (χ2v) is 9.19. The van der Waals surface area contributed by atoms with Crippen molar-refractivity contribution in [1.82, 2.24) is 4.98 Å². The van der Waals surface area contributed by atoms with Crippen molar-refractivity contribution < 1.29 is 14.7 Å². The maximum absolute atomic E-state index is 12.5. The van der Waals surface area contributed by atoms with Gasteiger partial charge >= 0.3 is 5.97 Å². The molecule has 1 aromatic heterocycles. The van der Waals surface area contributed by atoms with Crippen LogP contribution in [-0.4, -0.2) is 27.7 Å². The molecule has 0 saturated carbocycles. The zero-order chi connectivity index (χ0) is 25.5. The number of rotatable bonds is 8. The predicted molar refractivity (Wildman–Crippen MR) is 142 cm³/mol. The molecule has 0 aliphatic rings. The molecule has 0 bridgehead atoms. The lowest BCUT2D eigenvalue weighted by atomic mass is 9.98. The number of pyridine rings is 1. The van der Waals surface area contributed by atoms with Gasteiger partial charge in [0.1, 0.15) is 11.1 Å². The molecule has 1 amide bonds. The summed E-state index contributed by atoms with van der Waals surface area (Å²) < 4.78 is 0. The Kier molecular flexibility index (Phi) is 7.79. The van der Waals surface area contributed by atoms with Gasteiger partial charge in [-0.1, -0.05) is 60.2 Å². The lowest BCUT2D eigenvalue weighted by molar-refractivity contribution is -0.115. The van der Waals surface area contributed by atoms with Crippen LogP contribution in [0.3, 0.4) is 0 Å². The van der Waals surface area contributed by atoms with E-state index in [1.807, 2.05) is 67.6 Å². The Balaban J connectivity index is 1.55. The summed E-state index contributed by atoms with van der Waals surface area (Å²) in [5.74, 6) is -0.804. The minimum Gasteiger partial charge on any atom is -0.478 e. The number of nitriles is 1. The first-order valence-corrected chi connectivity index (χ1v) is 12.3. The third-order valence-corrected chi connectivity index (χ3v) is 6.49. The SMILES string of the molecule is Cc1ccc(-c2cc(-c3ccccc3)nc(SCCC(=O)Nc3ccc(C(=O)O)cc3)c2C#N)cc1. The van der Waals surface area contributed by atoms with Crippen molar-refractivity contribution in [1.29, 1.82) is 5.26 Å². The summed E-state index contributed by atoms with van der Waals surface area (Å²) in [7, 11) is 0. The molecule has 0 spiro atoms. The number of hydrogen-bond acceptors (Lipinski definition) is 5. The van der Waals surface area contributed by atoms with Crippen molar-refractivity contribution in [2.75, 3.05) is 11.1 Å². The fraction of sp³-hybridized carbons (Fsp3) is 0.103. The molecule has 6 nitrogen and oxygen atoms in total. The third kappa shape index (κ3) is 5.98. The molecule has 4 aromatic rings. The Labute approximate surface area is 213 Å². The number of aryl methyl sites for hydroxylation is 1. The van der Waals surface area contributed by atoms with Crippen molar-refractivity contribution >= 4 is 29.3 Å². The first-order chi connectivity index (χ1) is 17.4. The molecule has 3 aromatic carbocycles. The number of carbonyl (C=O) groups excluding carboxylic acids is 1. The number of hydrogen-bond donors (Lipinski definition) is 2. The summed E-state index contributed by atoms with van der Waals surface area (Å²) in [6, 6.07) is 28.1. The molecule has 1 heterocycles. The van der Waals surface area contributed by atoms with Gasteiger partial charge in [-0.05, 0) is 42.8 Å². The van der Waals surface area contributed by atoms with E-state index in [0.717, 1.165) is 27.9 Å². The number of nitrogens with one attached hydrogen (secondary N) is 1. The van der Waals surface area contributed by atoms with Gasteiger partial charge in [0.15, 0.2) is 0 Å². The molecule has 7 heteroatoms. The molecular formula is C29H23N3O3S. The van der Waals surface area contributed by atoms with E-state index in [2.05, 4.69) is 11.4 Å². The highest BCUT2D eigenvalue weighted by molar-refractivity contribution is 7.99. The van der Waals surface area contributed by atoms with Gasteiger partial charge in [0, 0.05) is 29.0 Å². The molecule has 0 aliphatic heterocycles. The smallest absolute Gasteiger partial charge is 0.335 e. The Hall–Kier alpha value is -4.41. The van der Waals surface area contributed by atoms with Gasteiger partial charge in [-0.3, -0.25) is 4.79 Å². The van der Waals surface area contributed by atoms with Gasteiger partial charge in [0.05, 0.1) is 16.8 Å². The number of carboxylic acid groups (broad SMARTS) is 1. The largest absolute Gasteiger partial charge is 0.478 e. The molecule has 4 rings (SSSR count). The van der Waals surface area contributed by atoms with Gasteiger partial charge in [-0.15, -0.1) is 11.8 Å². The Bertz CT molecular complexity index is 1430. The lowest BCUT2D eigenvalue weighted by Gasteiger charge is -2.13. The van der Waals surface area contributed by atoms with Crippen LogP contribution in [0, 0.1) is 18.3 Å². The van der Waals surface area contributed by atoms with Crippen molar-refractivity contribution in [3.63, 3.8) is 0 Å². The van der Waals surface area contributed by atoms with Crippen LogP contribution in [0.15, 0.2) is 90.0 Å². The van der Waals surface area contributed by atoms with Gasteiger partial charge in [-0.25, -0.2) is 9.78 Å². The minimum absolute atomic E-state index is 0.154. The number of carboxylic acids is 1. The number of amides is 1. The molecule has 0 radical (unpaired) electrons. The predicted octanol–water partition coefficient (Wildman–Crippen LogP) is 6.41. The standard InChI is InChI=1S/C29H23N3O3S/c1-19-7-9-20(10-8-19)24-17-26(21-5-3-2-4-6-21)32-28(25(24)18-30)36-16-15-27(33)31-23-13-11-22(12-14-23)29(34)35/h2-14,17H,15-16H2,1H3,(H,31,33)(H,34,35). The van der Waals surface area contributed by atoms with Gasteiger partial charge < -0.3 is 10.4 Å². The zero-order valence-corrected chi connectivity index (χ0v) is 20.4. The van der Waals surface area contributed by atoms with Crippen LogP contribution in [0.25, 0.3) is 22.4 Å². The van der Waals surface area contributed by atoms with Crippen molar-refractivity contribution in [2.45, 2.75) is 18.4 Å². The molecular weight excluding hydrogens is 470 g/mol. The highest BCUT2D eigenvalue weighted by Gasteiger charge is 2.16. The average Bonchev–Trinajstić information content (AvgIpc) is 2.89. The molecule has 0 unspecified atom stereocenters. The molecule has 178 valence electrons. The molecule has 0 aliphatic carbocycles. The maximum atomic E-state index is 12.5. The Morgan fingerprint density at radius 3 is 2.31 bits per heavy atom. The van der Waals surface area contributed by atoms with E-state index < -0.39 is 5.97 Å². The number of aromatic carboxylic acids is 1. The summed E-state index contributed by atoms with van der Waals surface area (Å²) in [5.41, 5.74) is 5.73. The second kappa shape index (κ2) is 11.3. The van der Waals surface area contributed by atoms with Crippen LogP contribution in [0.2, 0.25) is 0 Å². The fourth-order valence-corrected chi connectivity index (χ4v) is 4.56. The zero-order valence-electron chi connectivity index (χ0n) is 19.6. The van der Waals surface area contributed by atoms with E-state index in [9.17, 15) is 14.9 Å². The van der Waals surface area contributed by atoms with E-state index in [4.69, 9.17) is 10.1 Å². The molecule has 0 atom stereocenters. The quantitative estimate of drug-likeness (QED) is 0.275. The fourth-order valence-electron chi connectivity index (χ4n) is 3.61. The Morgan fingerprint density at radius 2 is 1.67 bits per heavy atom. The number of thioether (sulfide) groups is 1. The number of benzene rings is 3. The normalized spacial score (nSPS) is 10.4. The highest BCUT2D eigenvalue weighted by atomic mass is 32.2. The molecule has 0 saturated heterocycles. The third-order valence-electron chi connectivity index (χ3n) is 5.51. The first kappa shape index (κ1) is 24.7. The second-order valence-electron chi connectivity index (χ2n) is 8.11. The van der Waals surface area contributed by atoms with Crippen LogP contribution in [0.1, 0.15) is 27.9 Å². The van der Waals surface area contributed by atoms with E-state index >= 15 is 0 Å². The highest BCUT2D eigenvalue weighted by Crippen LogP contribution is 2.34. The van der Waals surface area contributed by atoms with Crippen LogP contribution in [0.4, 0.5) is 5.69 Å². The topological polar surface area (TPSA) is 103 Å². The summed E-state index contributed by atoms with van der Waals surface area (Å²) in [6.45, 7) is 2.02. The summed E-state index contributed by atoms with van der Waals surface area (Å²) >= 11 is 1.37. The van der Waals surface area contributed by atoms with Crippen molar-refractivity contribution in [3.8, 4) is 28.5 Å². The lowest BCUT2D eigenvalue weighted by Crippen LogP contribution is -2.12.